The average Bonchev–Trinajstić information content (AvgIpc) is 3.39. The molecule has 2 nitrogen and oxygen atoms in total. The van der Waals surface area contributed by atoms with E-state index in [0.717, 1.165) is 19.3 Å². The van der Waals surface area contributed by atoms with Crippen LogP contribution in [0.5, 0.6) is 0 Å². The van der Waals surface area contributed by atoms with Gasteiger partial charge in [-0.1, -0.05) is 60.7 Å². The van der Waals surface area contributed by atoms with Crippen molar-refractivity contribution in [2.24, 2.45) is 0 Å². The lowest BCUT2D eigenvalue weighted by molar-refractivity contribution is 0.551. The first-order chi connectivity index (χ1) is 15.9. The second-order valence-electron chi connectivity index (χ2n) is 9.32. The van der Waals surface area contributed by atoms with Gasteiger partial charge >= 0.3 is 0 Å². The zero-order valence-corrected chi connectivity index (χ0v) is 18.1. The lowest BCUT2D eigenvalue weighted by Crippen LogP contribution is -2.32. The SMILES string of the molecule is C1=C(C2=CC3c4ccccc4N(c4ccccc4)C3CC2)CCc2[nH]c3ccccc3c21. The number of H-pyrrole nitrogens is 1. The third-order valence-electron chi connectivity index (χ3n) is 7.63. The maximum Gasteiger partial charge on any atom is 0.0462 e. The van der Waals surface area contributed by atoms with E-state index in [1.807, 2.05) is 0 Å². The van der Waals surface area contributed by atoms with Gasteiger partial charge in [-0.05, 0) is 72.7 Å². The summed E-state index contributed by atoms with van der Waals surface area (Å²) < 4.78 is 0. The summed E-state index contributed by atoms with van der Waals surface area (Å²) in [6, 6.07) is 29.1. The van der Waals surface area contributed by atoms with Gasteiger partial charge in [0.05, 0.1) is 0 Å². The van der Waals surface area contributed by atoms with Gasteiger partial charge in [0.1, 0.15) is 0 Å². The number of aromatic amines is 1. The lowest BCUT2D eigenvalue weighted by atomic mass is 9.79. The van der Waals surface area contributed by atoms with Crippen LogP contribution in [-0.4, -0.2) is 11.0 Å². The summed E-state index contributed by atoms with van der Waals surface area (Å²) >= 11 is 0. The topological polar surface area (TPSA) is 19.0 Å². The summed E-state index contributed by atoms with van der Waals surface area (Å²) in [4.78, 5) is 6.23. The predicted molar refractivity (Wildman–Crippen MR) is 133 cm³/mol. The highest BCUT2D eigenvalue weighted by molar-refractivity contribution is 5.92. The van der Waals surface area contributed by atoms with Crippen molar-refractivity contribution in [3.05, 3.63) is 113 Å². The van der Waals surface area contributed by atoms with Gasteiger partial charge in [0.25, 0.3) is 0 Å². The van der Waals surface area contributed by atoms with Crippen LogP contribution in [0.4, 0.5) is 11.4 Å². The Morgan fingerprint density at radius 1 is 0.750 bits per heavy atom. The number of allylic oxidation sites excluding steroid dienone is 2. The van der Waals surface area contributed by atoms with Gasteiger partial charge in [0.2, 0.25) is 0 Å². The molecule has 2 aliphatic carbocycles. The number of rotatable bonds is 2. The highest BCUT2D eigenvalue weighted by atomic mass is 15.2. The zero-order chi connectivity index (χ0) is 21.1. The first-order valence-electron chi connectivity index (χ1n) is 11.8. The number of para-hydroxylation sites is 3. The van der Waals surface area contributed by atoms with E-state index in [-0.39, 0.29) is 0 Å². The van der Waals surface area contributed by atoms with Crippen molar-refractivity contribution in [3.8, 4) is 0 Å². The highest BCUT2D eigenvalue weighted by Crippen LogP contribution is 2.51. The second-order valence-corrected chi connectivity index (χ2v) is 9.32. The van der Waals surface area contributed by atoms with Gasteiger partial charge < -0.3 is 9.88 Å². The van der Waals surface area contributed by atoms with Crippen LogP contribution in [0.2, 0.25) is 0 Å². The minimum atomic E-state index is 0.459. The molecule has 32 heavy (non-hydrogen) atoms. The molecule has 1 aliphatic heterocycles. The van der Waals surface area contributed by atoms with Crippen molar-refractivity contribution in [2.75, 3.05) is 4.90 Å². The Morgan fingerprint density at radius 2 is 1.56 bits per heavy atom. The molecule has 0 amide bonds. The molecule has 2 heteroatoms. The van der Waals surface area contributed by atoms with Crippen LogP contribution in [0.15, 0.2) is 96.1 Å². The summed E-state index contributed by atoms with van der Waals surface area (Å²) in [7, 11) is 0. The number of hydrogen-bond donors (Lipinski definition) is 1. The third-order valence-corrected chi connectivity index (χ3v) is 7.63. The summed E-state index contributed by atoms with van der Waals surface area (Å²) in [5.74, 6) is 0.459. The lowest BCUT2D eigenvalue weighted by Gasteiger charge is -2.34. The minimum absolute atomic E-state index is 0.459. The van der Waals surface area contributed by atoms with Gasteiger partial charge in [-0.3, -0.25) is 0 Å². The molecule has 2 unspecified atom stereocenters. The number of nitrogens with one attached hydrogen (secondary N) is 1. The molecule has 156 valence electrons. The van der Waals surface area contributed by atoms with E-state index in [9.17, 15) is 0 Å². The zero-order valence-electron chi connectivity index (χ0n) is 18.1. The number of aromatic nitrogens is 1. The van der Waals surface area contributed by atoms with Crippen molar-refractivity contribution < 1.29 is 0 Å². The molecule has 0 spiro atoms. The number of hydrogen-bond acceptors (Lipinski definition) is 1. The van der Waals surface area contributed by atoms with Gasteiger partial charge in [-0.15, -0.1) is 0 Å². The van der Waals surface area contributed by atoms with E-state index in [1.54, 1.807) is 5.57 Å². The van der Waals surface area contributed by atoms with Gasteiger partial charge in [-0.2, -0.15) is 0 Å². The summed E-state index contributed by atoms with van der Waals surface area (Å²) in [6.07, 6.45) is 9.66. The number of anilines is 2. The predicted octanol–water partition coefficient (Wildman–Crippen LogP) is 7.52. The Morgan fingerprint density at radius 3 is 2.50 bits per heavy atom. The minimum Gasteiger partial charge on any atom is -0.358 e. The largest absolute Gasteiger partial charge is 0.358 e. The molecule has 1 N–H and O–H groups in total. The third kappa shape index (κ3) is 2.65. The normalized spacial score (nSPS) is 21.6. The standard InChI is InChI=1S/C30H26N2/c1-2-8-22(9-3-1)32-29-13-7-5-11-24(29)26-19-21(15-17-30(26)32)20-14-16-28-25(18-20)23-10-4-6-12-27(23)31-28/h1-13,18-19,26,30-31H,14-17H2. The summed E-state index contributed by atoms with van der Waals surface area (Å²) in [6.45, 7) is 0. The fraction of sp³-hybridized carbons (Fsp3) is 0.200. The monoisotopic (exact) mass is 414 g/mol. The van der Waals surface area contributed by atoms with E-state index in [1.165, 1.54) is 51.1 Å². The average molecular weight is 415 g/mol. The van der Waals surface area contributed by atoms with E-state index < -0.39 is 0 Å². The van der Waals surface area contributed by atoms with Crippen molar-refractivity contribution in [1.29, 1.82) is 0 Å². The van der Waals surface area contributed by atoms with Gasteiger partial charge in [0.15, 0.2) is 0 Å². The first-order valence-corrected chi connectivity index (χ1v) is 11.8. The number of nitrogens with zero attached hydrogens (tertiary/aromatic N) is 1. The Hall–Kier alpha value is -3.52. The van der Waals surface area contributed by atoms with E-state index in [0.29, 0.717) is 12.0 Å². The van der Waals surface area contributed by atoms with Gasteiger partial charge in [-0.25, -0.2) is 0 Å². The highest BCUT2D eigenvalue weighted by Gasteiger charge is 2.40. The molecule has 0 bridgehead atoms. The number of aryl methyl sites for hydroxylation is 1. The molecular formula is C30H26N2. The fourth-order valence-electron chi connectivity index (χ4n) is 6.18. The van der Waals surface area contributed by atoms with Crippen molar-refractivity contribution >= 4 is 28.4 Å². The van der Waals surface area contributed by atoms with Crippen LogP contribution in [0.3, 0.4) is 0 Å². The number of benzene rings is 3. The molecule has 4 aromatic rings. The van der Waals surface area contributed by atoms with Crippen LogP contribution in [0.1, 0.15) is 42.0 Å². The Labute approximate surface area is 188 Å². The summed E-state index contributed by atoms with van der Waals surface area (Å²) in [5, 5.41) is 1.36. The smallest absolute Gasteiger partial charge is 0.0462 e. The molecule has 2 atom stereocenters. The van der Waals surface area contributed by atoms with Crippen LogP contribution < -0.4 is 4.90 Å². The molecule has 1 aromatic heterocycles. The van der Waals surface area contributed by atoms with E-state index in [2.05, 4.69) is 101 Å². The fourth-order valence-corrected chi connectivity index (χ4v) is 6.18. The van der Waals surface area contributed by atoms with Crippen molar-refractivity contribution in [1.82, 2.24) is 4.98 Å². The molecular weight excluding hydrogens is 388 g/mol. The molecule has 0 fully saturated rings. The molecule has 2 heterocycles. The molecule has 0 radical (unpaired) electrons. The maximum atomic E-state index is 3.64. The second kappa shape index (κ2) is 7.00. The van der Waals surface area contributed by atoms with Crippen molar-refractivity contribution in [2.45, 2.75) is 37.6 Å². The van der Waals surface area contributed by atoms with Crippen LogP contribution in [0.25, 0.3) is 17.0 Å². The Bertz CT molecular complexity index is 1390. The maximum absolute atomic E-state index is 3.64. The molecule has 0 saturated heterocycles. The van der Waals surface area contributed by atoms with Gasteiger partial charge in [0, 0.05) is 45.5 Å². The molecule has 3 aromatic carbocycles. The number of fused-ring (bicyclic) bond motifs is 6. The van der Waals surface area contributed by atoms with Crippen LogP contribution in [0, 0.1) is 0 Å². The van der Waals surface area contributed by atoms with E-state index >= 15 is 0 Å². The quantitative estimate of drug-likeness (QED) is 0.359. The Kier molecular flexibility index (Phi) is 3.96. The first kappa shape index (κ1) is 18.1. The Balaban J connectivity index is 1.30. The molecule has 7 rings (SSSR count). The molecule has 3 aliphatic rings. The summed E-state index contributed by atoms with van der Waals surface area (Å²) in [5.41, 5.74) is 11.3. The van der Waals surface area contributed by atoms with E-state index in [4.69, 9.17) is 0 Å². The van der Waals surface area contributed by atoms with Crippen molar-refractivity contribution in [3.63, 3.8) is 0 Å². The molecule has 0 saturated carbocycles. The van der Waals surface area contributed by atoms with Crippen LogP contribution >= 0.6 is 0 Å². The van der Waals surface area contributed by atoms with Crippen LogP contribution in [-0.2, 0) is 6.42 Å².